The number of hydrogen-bond donors (Lipinski definition) is 1. The minimum atomic E-state index is 1.02. The van der Waals surface area contributed by atoms with Crippen molar-refractivity contribution in [2.75, 3.05) is 13.6 Å². The minimum Gasteiger partial charge on any atom is -0.333 e. The zero-order valence-corrected chi connectivity index (χ0v) is 12.2. The fourth-order valence-corrected chi connectivity index (χ4v) is 2.37. The number of hydrogen-bond acceptors (Lipinski definition) is 1. The Bertz CT molecular complexity index is 485. The molecule has 0 saturated carbocycles. The number of likely N-dealkylation sites (N-methyl/N-ethyl adjacent to an activating group) is 1. The summed E-state index contributed by atoms with van der Waals surface area (Å²) in [6.07, 6.45) is 2.88. The third-order valence-corrected chi connectivity index (χ3v) is 3.76. The summed E-state index contributed by atoms with van der Waals surface area (Å²) in [5, 5.41) is 0. The first kappa shape index (κ1) is 13.2. The summed E-state index contributed by atoms with van der Waals surface area (Å²) in [5.41, 5.74) is 2.53. The van der Waals surface area contributed by atoms with E-state index >= 15 is 0 Å². The van der Waals surface area contributed by atoms with E-state index in [1.165, 1.54) is 20.6 Å². The van der Waals surface area contributed by atoms with Crippen molar-refractivity contribution in [2.24, 2.45) is 0 Å². The summed E-state index contributed by atoms with van der Waals surface area (Å²) in [6, 6.07) is 14.5. The van der Waals surface area contributed by atoms with Crippen LogP contribution in [0.2, 0.25) is 0 Å². The molecule has 2 rings (SSSR count). The van der Waals surface area contributed by atoms with E-state index in [2.05, 4.69) is 58.3 Å². The highest BCUT2D eigenvalue weighted by Gasteiger charge is 2.07. The Labute approximate surface area is 117 Å². The molecule has 0 aliphatic heterocycles. The molecule has 0 saturated heterocycles. The normalized spacial score (nSPS) is 12.3. The molecular weight excluding hydrogens is 288 g/mol. The fraction of sp³-hybridized carbons (Fsp3) is 0.267. The van der Waals surface area contributed by atoms with Crippen molar-refractivity contribution in [2.45, 2.75) is 13.0 Å². The zero-order chi connectivity index (χ0) is 12.8. The topological polar surface area (TPSA) is 17.3 Å². The lowest BCUT2D eigenvalue weighted by molar-refractivity contribution is -0.893. The smallest absolute Gasteiger partial charge is 0.104 e. The Kier molecular flexibility index (Phi) is 4.90. The quantitative estimate of drug-likeness (QED) is 0.895. The summed E-state index contributed by atoms with van der Waals surface area (Å²) in [5.74, 6) is 0. The van der Waals surface area contributed by atoms with Gasteiger partial charge in [-0.15, -0.1) is 0 Å². The van der Waals surface area contributed by atoms with Gasteiger partial charge >= 0.3 is 0 Å². The molecule has 0 spiro atoms. The Morgan fingerprint density at radius 2 is 1.89 bits per heavy atom. The molecule has 94 valence electrons. The lowest BCUT2D eigenvalue weighted by atomic mass is 10.2. The van der Waals surface area contributed by atoms with Crippen LogP contribution in [-0.2, 0) is 13.0 Å². The summed E-state index contributed by atoms with van der Waals surface area (Å²) < 4.78 is 1.20. The van der Waals surface area contributed by atoms with Crippen LogP contribution in [0.4, 0.5) is 0 Å². The van der Waals surface area contributed by atoms with Crippen molar-refractivity contribution >= 4 is 15.9 Å². The fourth-order valence-electron chi connectivity index (χ4n) is 1.94. The van der Waals surface area contributed by atoms with Gasteiger partial charge in [-0.25, -0.2) is 0 Å². The van der Waals surface area contributed by atoms with Crippen LogP contribution >= 0.6 is 15.9 Å². The molecule has 0 aliphatic carbocycles. The van der Waals surface area contributed by atoms with Crippen molar-refractivity contribution in [1.82, 2.24) is 4.98 Å². The monoisotopic (exact) mass is 305 g/mol. The molecule has 1 unspecified atom stereocenters. The van der Waals surface area contributed by atoms with Crippen molar-refractivity contribution in [3.8, 4) is 0 Å². The number of aromatic nitrogens is 1. The Hall–Kier alpha value is -1.19. The molecule has 18 heavy (non-hydrogen) atoms. The number of nitrogens with zero attached hydrogens (tertiary/aromatic N) is 1. The molecule has 1 heterocycles. The third-order valence-electron chi connectivity index (χ3n) is 2.98. The summed E-state index contributed by atoms with van der Waals surface area (Å²) in [7, 11) is 2.22. The second kappa shape index (κ2) is 6.66. The van der Waals surface area contributed by atoms with E-state index < -0.39 is 0 Å². The van der Waals surface area contributed by atoms with Gasteiger partial charge in [0, 0.05) is 28.3 Å². The average Bonchev–Trinajstić information content (AvgIpc) is 2.40. The molecule has 0 amide bonds. The average molecular weight is 306 g/mol. The maximum Gasteiger partial charge on any atom is 0.104 e. The highest BCUT2D eigenvalue weighted by Crippen LogP contribution is 2.14. The lowest BCUT2D eigenvalue weighted by Gasteiger charge is -2.14. The van der Waals surface area contributed by atoms with Crippen molar-refractivity contribution < 1.29 is 4.90 Å². The Morgan fingerprint density at radius 1 is 1.11 bits per heavy atom. The SMILES string of the molecule is C[NH+](CCc1ccccn1)Cc1ccccc1Br. The van der Waals surface area contributed by atoms with Crippen LogP contribution < -0.4 is 4.90 Å². The first-order valence-corrected chi connectivity index (χ1v) is 6.99. The molecule has 2 aromatic rings. The molecule has 0 fully saturated rings. The van der Waals surface area contributed by atoms with E-state index in [9.17, 15) is 0 Å². The second-order valence-electron chi connectivity index (χ2n) is 4.55. The molecule has 1 N–H and O–H groups in total. The second-order valence-corrected chi connectivity index (χ2v) is 5.40. The van der Waals surface area contributed by atoms with E-state index in [1.807, 2.05) is 18.3 Å². The largest absolute Gasteiger partial charge is 0.333 e. The van der Waals surface area contributed by atoms with Gasteiger partial charge in [0.15, 0.2) is 0 Å². The summed E-state index contributed by atoms with van der Waals surface area (Å²) in [6.45, 7) is 2.13. The third kappa shape index (κ3) is 3.93. The zero-order valence-electron chi connectivity index (χ0n) is 10.6. The summed E-state index contributed by atoms with van der Waals surface area (Å²) >= 11 is 3.60. The van der Waals surface area contributed by atoms with Crippen molar-refractivity contribution in [3.05, 3.63) is 64.4 Å². The van der Waals surface area contributed by atoms with Gasteiger partial charge < -0.3 is 4.90 Å². The highest BCUT2D eigenvalue weighted by atomic mass is 79.9. The number of halogens is 1. The number of pyridine rings is 1. The van der Waals surface area contributed by atoms with Gasteiger partial charge in [0.2, 0.25) is 0 Å². The van der Waals surface area contributed by atoms with E-state index in [1.54, 1.807) is 0 Å². The van der Waals surface area contributed by atoms with Gasteiger partial charge in [-0.1, -0.05) is 40.2 Å². The predicted octanol–water partition coefficient (Wildman–Crippen LogP) is 2.10. The van der Waals surface area contributed by atoms with Gasteiger partial charge in [0.1, 0.15) is 6.54 Å². The Morgan fingerprint density at radius 3 is 2.61 bits per heavy atom. The number of nitrogens with one attached hydrogen (secondary N) is 1. The van der Waals surface area contributed by atoms with Gasteiger partial charge in [0.05, 0.1) is 13.6 Å². The van der Waals surface area contributed by atoms with E-state index in [4.69, 9.17) is 0 Å². The molecule has 1 aromatic carbocycles. The minimum absolute atomic E-state index is 1.02. The highest BCUT2D eigenvalue weighted by molar-refractivity contribution is 9.10. The van der Waals surface area contributed by atoms with E-state index in [0.717, 1.165) is 19.5 Å². The number of quaternary nitrogens is 1. The van der Waals surface area contributed by atoms with Gasteiger partial charge in [-0.05, 0) is 18.2 Å². The predicted molar refractivity (Wildman–Crippen MR) is 77.5 cm³/mol. The van der Waals surface area contributed by atoms with Gasteiger partial charge in [-0.3, -0.25) is 4.98 Å². The van der Waals surface area contributed by atoms with Gasteiger partial charge in [0.25, 0.3) is 0 Å². The van der Waals surface area contributed by atoms with Crippen molar-refractivity contribution in [3.63, 3.8) is 0 Å². The number of rotatable bonds is 5. The van der Waals surface area contributed by atoms with Crippen LogP contribution in [0.25, 0.3) is 0 Å². The van der Waals surface area contributed by atoms with Crippen LogP contribution in [0.5, 0.6) is 0 Å². The first-order valence-electron chi connectivity index (χ1n) is 6.20. The maximum absolute atomic E-state index is 4.35. The van der Waals surface area contributed by atoms with Crippen molar-refractivity contribution in [1.29, 1.82) is 0 Å². The van der Waals surface area contributed by atoms with Crippen LogP contribution in [0, 0.1) is 0 Å². The standard InChI is InChI=1S/C15H17BrN2/c1-18(11-9-14-7-4-5-10-17-14)12-13-6-2-3-8-15(13)16/h2-8,10H,9,11-12H2,1H3/p+1. The lowest BCUT2D eigenvalue weighted by Crippen LogP contribution is -3.07. The molecule has 0 radical (unpaired) electrons. The van der Waals surface area contributed by atoms with E-state index in [0.29, 0.717) is 0 Å². The van der Waals surface area contributed by atoms with Crippen LogP contribution in [-0.4, -0.2) is 18.6 Å². The Balaban J connectivity index is 1.86. The van der Waals surface area contributed by atoms with Crippen LogP contribution in [0.1, 0.15) is 11.3 Å². The maximum atomic E-state index is 4.35. The van der Waals surface area contributed by atoms with Crippen LogP contribution in [0.15, 0.2) is 53.1 Å². The molecule has 0 bridgehead atoms. The first-order chi connectivity index (χ1) is 8.75. The molecule has 3 heteroatoms. The van der Waals surface area contributed by atoms with E-state index in [-0.39, 0.29) is 0 Å². The molecule has 2 nitrogen and oxygen atoms in total. The molecule has 1 atom stereocenters. The van der Waals surface area contributed by atoms with Crippen LogP contribution in [0.3, 0.4) is 0 Å². The van der Waals surface area contributed by atoms with Gasteiger partial charge in [-0.2, -0.15) is 0 Å². The molecule has 0 aliphatic rings. The number of benzene rings is 1. The molecule has 1 aromatic heterocycles. The summed E-state index contributed by atoms with van der Waals surface area (Å²) in [4.78, 5) is 5.85. The molecular formula is C15H18BrN2+.